The summed E-state index contributed by atoms with van der Waals surface area (Å²) in [6.45, 7) is 0. The van der Waals surface area contributed by atoms with Crippen molar-refractivity contribution in [2.45, 2.75) is 31.5 Å². The van der Waals surface area contributed by atoms with Gasteiger partial charge in [0.2, 0.25) is 0 Å². The molecule has 0 radical (unpaired) electrons. The van der Waals surface area contributed by atoms with Gasteiger partial charge in [-0.3, -0.25) is 0 Å². The van der Waals surface area contributed by atoms with Gasteiger partial charge >= 0.3 is 0 Å². The molecule has 0 aliphatic rings. The highest BCUT2D eigenvalue weighted by molar-refractivity contribution is 9.10. The van der Waals surface area contributed by atoms with Crippen LogP contribution in [0.25, 0.3) is 0 Å². The molecule has 4 rings (SSSR count). The van der Waals surface area contributed by atoms with Crippen LogP contribution in [-0.4, -0.2) is 17.8 Å². The maximum atomic E-state index is 4.17. The molecule has 0 spiro atoms. The first-order valence-electron chi connectivity index (χ1n) is 10.6. The zero-order valence-corrected chi connectivity index (χ0v) is 19.1. The van der Waals surface area contributed by atoms with Gasteiger partial charge in [0, 0.05) is 29.2 Å². The number of hydrogen-bond acceptors (Lipinski definition) is 1. The summed E-state index contributed by atoms with van der Waals surface area (Å²) in [6, 6.07) is 30.0. The van der Waals surface area contributed by atoms with Crippen LogP contribution >= 0.6 is 15.9 Å². The van der Waals surface area contributed by atoms with E-state index >= 15 is 0 Å². The van der Waals surface area contributed by atoms with Gasteiger partial charge in [0.1, 0.15) is 13.7 Å². The lowest BCUT2D eigenvalue weighted by atomic mass is 9.85. The number of rotatable bonds is 7. The molecule has 0 fully saturated rings. The summed E-state index contributed by atoms with van der Waals surface area (Å²) in [5.74, 6) is 1.56. The molecule has 1 heterocycles. The second-order valence-electron chi connectivity index (χ2n) is 7.36. The molecule has 4 aromatic rings. The van der Waals surface area contributed by atoms with Crippen LogP contribution in [0.1, 0.15) is 41.3 Å². The van der Waals surface area contributed by atoms with Gasteiger partial charge in [0.15, 0.2) is 0 Å². The highest BCUT2D eigenvalue weighted by Crippen LogP contribution is 2.29. The Labute approximate surface area is 189 Å². The summed E-state index contributed by atoms with van der Waals surface area (Å²) in [4.78, 5) is 7.24. The van der Waals surface area contributed by atoms with Crippen LogP contribution in [-0.2, 0) is 6.42 Å². The minimum Gasteiger partial charge on any atom is -0.348 e. The Morgan fingerprint density at radius 2 is 1.43 bits per heavy atom. The number of halogens is 1. The van der Waals surface area contributed by atoms with Gasteiger partial charge in [-0.2, -0.15) is 0 Å². The van der Waals surface area contributed by atoms with Crippen LogP contribution in [0.3, 0.4) is 0 Å². The topological polar surface area (TPSA) is 28.7 Å². The van der Waals surface area contributed by atoms with Gasteiger partial charge in [0.25, 0.3) is 0 Å². The van der Waals surface area contributed by atoms with Crippen LogP contribution in [0.5, 0.6) is 0 Å². The third-order valence-electron chi connectivity index (χ3n) is 5.09. The molecule has 2 nitrogen and oxygen atoms in total. The third kappa shape index (κ3) is 7.03. The predicted octanol–water partition coefficient (Wildman–Crippen LogP) is 6.41. The molecule has 3 aromatic carbocycles. The first kappa shape index (κ1) is 22.1. The van der Waals surface area contributed by atoms with Crippen molar-refractivity contribution >= 4 is 23.8 Å². The molecule has 0 atom stereocenters. The fraction of sp³-hybridized carbons (Fsp3) is 0.192. The van der Waals surface area contributed by atoms with Crippen molar-refractivity contribution in [1.82, 2.24) is 9.97 Å². The van der Waals surface area contributed by atoms with E-state index in [-0.39, 0.29) is 0 Å². The zero-order valence-electron chi connectivity index (χ0n) is 17.5. The lowest BCUT2D eigenvalue weighted by Crippen LogP contribution is -2.00. The second-order valence-corrected chi connectivity index (χ2v) is 8.27. The Hall–Kier alpha value is -2.59. The lowest BCUT2D eigenvalue weighted by Gasteiger charge is -2.17. The van der Waals surface area contributed by atoms with Crippen LogP contribution < -0.4 is 0 Å². The molecule has 0 saturated heterocycles. The smallest absolute Gasteiger partial charge is 0.110 e. The molecule has 4 heteroatoms. The van der Waals surface area contributed by atoms with Crippen molar-refractivity contribution in [2.75, 3.05) is 0 Å². The number of imidazole rings is 1. The number of benzene rings is 3. The lowest BCUT2D eigenvalue weighted by molar-refractivity contribution is 0.698. The number of nitrogens with zero attached hydrogens (tertiary/aromatic N) is 1. The van der Waals surface area contributed by atoms with Crippen molar-refractivity contribution in [1.29, 1.82) is 0 Å². The Balaban J connectivity index is 0.000000177. The molecule has 0 amide bonds. The Kier molecular flexibility index (Phi) is 8.98. The molecule has 0 aliphatic heterocycles. The average Bonchev–Trinajstić information content (AvgIpc) is 3.31. The molecule has 1 aromatic heterocycles. The molecule has 0 aliphatic carbocycles. The number of nitrogens with one attached hydrogen (secondary N) is 1. The summed E-state index contributed by atoms with van der Waals surface area (Å²) >= 11 is 3.40. The largest absolute Gasteiger partial charge is 0.348 e. The van der Waals surface area contributed by atoms with Crippen molar-refractivity contribution in [3.63, 3.8) is 0 Å². The van der Waals surface area contributed by atoms with E-state index in [4.69, 9.17) is 0 Å². The van der Waals surface area contributed by atoms with Gasteiger partial charge in [-0.15, -0.1) is 0 Å². The highest BCUT2D eigenvalue weighted by atomic mass is 79.9. The van der Waals surface area contributed by atoms with Crippen molar-refractivity contribution in [3.05, 3.63) is 124 Å². The van der Waals surface area contributed by atoms with Crippen molar-refractivity contribution < 1.29 is 0 Å². The highest BCUT2D eigenvalue weighted by Gasteiger charge is 2.12. The van der Waals surface area contributed by atoms with Gasteiger partial charge in [-0.05, 0) is 35.2 Å². The number of H-pyrrole nitrogens is 1. The van der Waals surface area contributed by atoms with E-state index in [0.29, 0.717) is 5.92 Å². The molecule has 1 N–H and O–H groups in total. The van der Waals surface area contributed by atoms with Gasteiger partial charge < -0.3 is 4.98 Å². The molecule has 152 valence electrons. The van der Waals surface area contributed by atoms with Crippen LogP contribution in [0.4, 0.5) is 0 Å². The average molecular weight is 459 g/mol. The van der Waals surface area contributed by atoms with Crippen LogP contribution in [0.2, 0.25) is 6.32 Å². The molecule has 30 heavy (non-hydrogen) atoms. The summed E-state index contributed by atoms with van der Waals surface area (Å²) in [5, 5.41) is 0. The van der Waals surface area contributed by atoms with E-state index in [9.17, 15) is 0 Å². The molecule has 0 saturated carbocycles. The van der Waals surface area contributed by atoms with E-state index in [2.05, 4.69) is 107 Å². The van der Waals surface area contributed by atoms with Crippen molar-refractivity contribution in [3.8, 4) is 0 Å². The fourth-order valence-electron chi connectivity index (χ4n) is 3.49. The summed E-state index contributed by atoms with van der Waals surface area (Å²) in [5.41, 5.74) is 4.14. The Morgan fingerprint density at radius 3 is 1.93 bits per heavy atom. The SMILES string of the molecule is BCCCC(c1ccccc1)c1ccccc1.Brc1ccc(Cc2ncc[nH]2)cc1. The molecular formula is C26H28BBrN2. The normalized spacial score (nSPS) is 10.5. The number of hydrogen-bond donors (Lipinski definition) is 1. The Morgan fingerprint density at radius 1 is 0.833 bits per heavy atom. The number of aromatic nitrogens is 2. The van der Waals surface area contributed by atoms with E-state index in [1.54, 1.807) is 6.20 Å². The first-order valence-corrected chi connectivity index (χ1v) is 11.4. The van der Waals surface area contributed by atoms with E-state index in [1.807, 2.05) is 18.3 Å². The van der Waals surface area contributed by atoms with Gasteiger partial charge in [-0.1, -0.05) is 101 Å². The van der Waals surface area contributed by atoms with Crippen molar-refractivity contribution in [2.24, 2.45) is 0 Å². The maximum Gasteiger partial charge on any atom is 0.110 e. The maximum absolute atomic E-state index is 4.17. The first-order chi connectivity index (χ1) is 14.8. The second kappa shape index (κ2) is 12.2. The minimum atomic E-state index is 0.553. The summed E-state index contributed by atoms with van der Waals surface area (Å²) < 4.78 is 1.11. The minimum absolute atomic E-state index is 0.553. The molecule has 0 bridgehead atoms. The molecule has 0 unspecified atom stereocenters. The third-order valence-corrected chi connectivity index (χ3v) is 5.62. The standard InChI is InChI=1S/C16H19B.C10H9BrN2/c17-13-7-12-16(14-8-3-1-4-9-14)15-10-5-2-6-11-15;11-9-3-1-8(2-4-9)7-10-12-5-6-13-10/h1-6,8-11,16H,7,12-13,17H2;1-6H,7H2,(H,12,13). The summed E-state index contributed by atoms with van der Waals surface area (Å²) in [7, 11) is 2.26. The fourth-order valence-corrected chi connectivity index (χ4v) is 3.76. The molecular weight excluding hydrogens is 431 g/mol. The predicted molar refractivity (Wildman–Crippen MR) is 133 cm³/mol. The van der Waals surface area contributed by atoms with E-state index in [1.165, 1.54) is 35.9 Å². The van der Waals surface area contributed by atoms with Gasteiger partial charge in [-0.25, -0.2) is 4.98 Å². The number of aromatic amines is 1. The quantitative estimate of drug-likeness (QED) is 0.318. The van der Waals surface area contributed by atoms with E-state index in [0.717, 1.165) is 16.7 Å². The monoisotopic (exact) mass is 458 g/mol. The zero-order chi connectivity index (χ0) is 21.0. The summed E-state index contributed by atoms with van der Waals surface area (Å²) in [6.07, 6.45) is 8.26. The van der Waals surface area contributed by atoms with Gasteiger partial charge in [0.05, 0.1) is 0 Å². The van der Waals surface area contributed by atoms with Crippen LogP contribution in [0, 0.1) is 0 Å². The van der Waals surface area contributed by atoms with Crippen LogP contribution in [0.15, 0.2) is 102 Å². The van der Waals surface area contributed by atoms with E-state index < -0.39 is 0 Å². The Bertz CT molecular complexity index is 916.